The van der Waals surface area contributed by atoms with Crippen molar-refractivity contribution in [2.45, 2.75) is 128 Å². The lowest BCUT2D eigenvalue weighted by Crippen LogP contribution is -2.56. The predicted octanol–water partition coefficient (Wildman–Crippen LogP) is 3.72. The van der Waals surface area contributed by atoms with Crippen LogP contribution in [0.5, 0.6) is 0 Å². The average molecular weight is 587 g/mol. The first-order chi connectivity index (χ1) is 20.1. The van der Waals surface area contributed by atoms with E-state index in [0.29, 0.717) is 25.8 Å². The monoisotopic (exact) mass is 586 g/mol. The molecule has 10 nitrogen and oxygen atoms in total. The van der Waals surface area contributed by atoms with Gasteiger partial charge in [-0.3, -0.25) is 19.2 Å². The molecular weight excluding hydrogens is 536 g/mol. The van der Waals surface area contributed by atoms with Gasteiger partial charge in [0.15, 0.2) is 0 Å². The Labute approximate surface area is 250 Å². The third-order valence-electron chi connectivity index (χ3n) is 7.74. The molecule has 234 valence electrons. The maximum absolute atomic E-state index is 13.2. The van der Waals surface area contributed by atoms with E-state index in [0.717, 1.165) is 24.8 Å². The normalized spacial score (nSPS) is 16.7. The van der Waals surface area contributed by atoms with Crippen molar-refractivity contribution >= 4 is 29.6 Å². The van der Waals surface area contributed by atoms with Gasteiger partial charge < -0.3 is 26.0 Å². The highest BCUT2D eigenvalue weighted by molar-refractivity contribution is 5.95. The lowest BCUT2D eigenvalue weighted by Gasteiger charge is -2.28. The predicted molar refractivity (Wildman–Crippen MR) is 162 cm³/mol. The number of aliphatic carboxylic acids is 1. The van der Waals surface area contributed by atoms with Crippen molar-refractivity contribution in [2.24, 2.45) is 0 Å². The number of nitrogens with one attached hydrogen (secondary N) is 3. The molecule has 1 saturated heterocycles. The van der Waals surface area contributed by atoms with E-state index in [4.69, 9.17) is 0 Å². The maximum atomic E-state index is 13.2. The van der Waals surface area contributed by atoms with Gasteiger partial charge in [0.1, 0.15) is 24.2 Å². The molecule has 0 aliphatic carbocycles. The summed E-state index contributed by atoms with van der Waals surface area (Å²) in [5, 5.41) is 17.6. The summed E-state index contributed by atoms with van der Waals surface area (Å²) in [7, 11) is 0. The quantitative estimate of drug-likeness (QED) is 0.182. The number of likely N-dealkylation sites (tertiary alicyclic amines) is 1. The minimum absolute atomic E-state index is 0.123. The van der Waals surface area contributed by atoms with Crippen molar-refractivity contribution in [2.75, 3.05) is 6.54 Å². The number of hydrogen-bond donors (Lipinski definition) is 4. The van der Waals surface area contributed by atoms with E-state index in [-0.39, 0.29) is 12.3 Å². The third-order valence-corrected chi connectivity index (χ3v) is 7.74. The third kappa shape index (κ3) is 12.2. The minimum Gasteiger partial charge on any atom is -0.480 e. The van der Waals surface area contributed by atoms with Crippen molar-refractivity contribution in [1.82, 2.24) is 20.9 Å². The Morgan fingerprint density at radius 1 is 0.857 bits per heavy atom. The van der Waals surface area contributed by atoms with E-state index in [9.17, 15) is 29.1 Å². The molecule has 1 aliphatic heterocycles. The SMILES string of the molecule is CCCCCCCCCCCC(=O)N[C@@H](C)C(=O)N[C@@H](C)C(=O)N1CCC[C@H]1C(=O)N[C@H](Cc1ccccc1)C(=O)O. The molecule has 1 fully saturated rings. The second-order valence-electron chi connectivity index (χ2n) is 11.4. The first-order valence-corrected chi connectivity index (χ1v) is 15.6. The van der Waals surface area contributed by atoms with E-state index in [2.05, 4.69) is 22.9 Å². The van der Waals surface area contributed by atoms with Crippen LogP contribution in [-0.4, -0.2) is 70.3 Å². The van der Waals surface area contributed by atoms with Crippen LogP contribution in [0, 0.1) is 0 Å². The molecule has 1 heterocycles. The van der Waals surface area contributed by atoms with Gasteiger partial charge >= 0.3 is 5.97 Å². The fraction of sp³-hybridized carbons (Fsp3) is 0.656. The first kappa shape index (κ1) is 34.8. The second-order valence-corrected chi connectivity index (χ2v) is 11.4. The van der Waals surface area contributed by atoms with Gasteiger partial charge in [0.25, 0.3) is 0 Å². The smallest absolute Gasteiger partial charge is 0.326 e. The molecule has 0 spiro atoms. The number of amides is 4. The van der Waals surface area contributed by atoms with Gasteiger partial charge in [-0.05, 0) is 38.7 Å². The molecule has 1 aromatic carbocycles. The molecule has 0 bridgehead atoms. The number of unbranched alkanes of at least 4 members (excludes halogenated alkanes) is 8. The van der Waals surface area contributed by atoms with E-state index >= 15 is 0 Å². The molecule has 0 radical (unpaired) electrons. The number of carboxylic acid groups (broad SMARTS) is 1. The van der Waals surface area contributed by atoms with Crippen LogP contribution >= 0.6 is 0 Å². The molecule has 0 aromatic heterocycles. The van der Waals surface area contributed by atoms with Gasteiger partial charge in [-0.2, -0.15) is 0 Å². The number of benzene rings is 1. The number of rotatable bonds is 19. The Hall–Kier alpha value is -3.43. The number of carboxylic acids is 1. The highest BCUT2D eigenvalue weighted by Gasteiger charge is 2.38. The number of carbonyl (C=O) groups excluding carboxylic acids is 4. The molecule has 4 amide bonds. The Morgan fingerprint density at radius 2 is 1.48 bits per heavy atom. The molecular formula is C32H50N4O6. The van der Waals surface area contributed by atoms with Crippen LogP contribution in [0.15, 0.2) is 30.3 Å². The zero-order valence-corrected chi connectivity index (χ0v) is 25.5. The van der Waals surface area contributed by atoms with Crippen LogP contribution in [0.25, 0.3) is 0 Å². The van der Waals surface area contributed by atoms with Crippen LogP contribution in [0.2, 0.25) is 0 Å². The fourth-order valence-corrected chi connectivity index (χ4v) is 5.25. The Balaban J connectivity index is 1.76. The molecule has 4 N–H and O–H groups in total. The van der Waals surface area contributed by atoms with Gasteiger partial charge in [0, 0.05) is 19.4 Å². The van der Waals surface area contributed by atoms with Crippen LogP contribution < -0.4 is 16.0 Å². The summed E-state index contributed by atoms with van der Waals surface area (Å²) in [6.07, 6.45) is 11.8. The largest absolute Gasteiger partial charge is 0.480 e. The zero-order valence-electron chi connectivity index (χ0n) is 25.5. The van der Waals surface area contributed by atoms with E-state index in [1.54, 1.807) is 38.1 Å². The Bertz CT molecular complexity index is 1020. The molecule has 0 saturated carbocycles. The summed E-state index contributed by atoms with van der Waals surface area (Å²) in [4.78, 5) is 64.4. The Kier molecular flexibility index (Phi) is 15.6. The van der Waals surface area contributed by atoms with Crippen LogP contribution in [0.1, 0.15) is 103 Å². The molecule has 1 aromatic rings. The number of carbonyl (C=O) groups is 5. The summed E-state index contributed by atoms with van der Waals surface area (Å²) in [6.45, 7) is 5.65. The van der Waals surface area contributed by atoms with E-state index in [1.807, 2.05) is 6.07 Å². The summed E-state index contributed by atoms with van der Waals surface area (Å²) >= 11 is 0. The van der Waals surface area contributed by atoms with Crippen molar-refractivity contribution in [3.05, 3.63) is 35.9 Å². The first-order valence-electron chi connectivity index (χ1n) is 15.6. The number of nitrogens with zero attached hydrogens (tertiary/aromatic N) is 1. The number of hydrogen-bond acceptors (Lipinski definition) is 5. The molecule has 1 aliphatic rings. The summed E-state index contributed by atoms with van der Waals surface area (Å²) in [6, 6.07) is 5.34. The standard InChI is InChI=1S/C32H50N4O6/c1-4-5-6-7-8-9-10-11-15-20-28(37)33-23(2)29(38)34-24(3)31(40)36-21-16-19-27(36)30(39)35-26(32(41)42)22-25-17-13-12-14-18-25/h12-14,17-18,23-24,26-27H,4-11,15-16,19-22H2,1-3H3,(H,33,37)(H,34,38)(H,35,39)(H,41,42)/t23-,24-,26+,27-/m0/s1. The topological polar surface area (TPSA) is 145 Å². The molecule has 10 heteroatoms. The van der Waals surface area contributed by atoms with Crippen molar-refractivity contribution < 1.29 is 29.1 Å². The van der Waals surface area contributed by atoms with E-state index < -0.39 is 47.9 Å². The van der Waals surface area contributed by atoms with Crippen molar-refractivity contribution in [3.8, 4) is 0 Å². The van der Waals surface area contributed by atoms with Crippen molar-refractivity contribution in [1.29, 1.82) is 0 Å². The fourth-order valence-electron chi connectivity index (χ4n) is 5.25. The Morgan fingerprint density at radius 3 is 2.10 bits per heavy atom. The molecule has 0 unspecified atom stereocenters. The van der Waals surface area contributed by atoms with Gasteiger partial charge in [-0.25, -0.2) is 4.79 Å². The zero-order chi connectivity index (χ0) is 30.9. The molecule has 42 heavy (non-hydrogen) atoms. The second kappa shape index (κ2) is 18.9. The van der Waals surface area contributed by atoms with Gasteiger partial charge in [-0.15, -0.1) is 0 Å². The lowest BCUT2D eigenvalue weighted by atomic mass is 10.1. The maximum Gasteiger partial charge on any atom is 0.326 e. The summed E-state index contributed by atoms with van der Waals surface area (Å²) in [5.74, 6) is -2.79. The highest BCUT2D eigenvalue weighted by atomic mass is 16.4. The van der Waals surface area contributed by atoms with Crippen LogP contribution in [0.4, 0.5) is 0 Å². The molecule has 2 rings (SSSR count). The highest BCUT2D eigenvalue weighted by Crippen LogP contribution is 2.19. The molecule has 4 atom stereocenters. The van der Waals surface area contributed by atoms with Crippen LogP contribution in [0.3, 0.4) is 0 Å². The average Bonchev–Trinajstić information content (AvgIpc) is 3.46. The summed E-state index contributed by atoms with van der Waals surface area (Å²) < 4.78 is 0. The van der Waals surface area contributed by atoms with E-state index in [1.165, 1.54) is 43.4 Å². The van der Waals surface area contributed by atoms with Gasteiger partial charge in [-0.1, -0.05) is 88.6 Å². The van der Waals surface area contributed by atoms with Gasteiger partial charge in [0.05, 0.1) is 0 Å². The minimum atomic E-state index is -1.16. The lowest BCUT2D eigenvalue weighted by molar-refractivity contribution is -0.144. The summed E-state index contributed by atoms with van der Waals surface area (Å²) in [5.41, 5.74) is 0.773. The van der Waals surface area contributed by atoms with Gasteiger partial charge in [0.2, 0.25) is 23.6 Å². The van der Waals surface area contributed by atoms with Crippen molar-refractivity contribution in [3.63, 3.8) is 0 Å². The van der Waals surface area contributed by atoms with Crippen LogP contribution in [-0.2, 0) is 30.4 Å².